The Morgan fingerprint density at radius 2 is 1.33 bits per heavy atom. The Kier molecular flexibility index (Phi) is 24.4. The Morgan fingerprint density at radius 3 is 1.33 bits per heavy atom. The summed E-state index contributed by atoms with van der Waals surface area (Å²) in [6.07, 6.45) is 0. The van der Waals surface area contributed by atoms with Gasteiger partial charge >= 0.3 is 9.17 Å². The van der Waals surface area contributed by atoms with Crippen molar-refractivity contribution in [1.29, 1.82) is 0 Å². The minimum Gasteiger partial charge on any atom is -0.511 e. The molecule has 0 rings (SSSR count). The number of hydrogen-bond donors (Lipinski definition) is 2. The molecule has 0 fully saturated rings. The summed E-state index contributed by atoms with van der Waals surface area (Å²) < 4.78 is 8.74. The first-order valence-corrected chi connectivity index (χ1v) is 1.95. The van der Waals surface area contributed by atoms with Crippen LogP contribution in [0.3, 0.4) is 0 Å². The van der Waals surface area contributed by atoms with Gasteiger partial charge in [0.15, 0.2) is 0 Å². The van der Waals surface area contributed by atoms with Gasteiger partial charge in [0.1, 0.15) is 0 Å². The molecule has 0 aromatic heterocycles. The smallest absolute Gasteiger partial charge is 0.511 e. The average Bonchev–Trinajstić information content (AvgIpc) is 0.811. The third-order valence-electron chi connectivity index (χ3n) is 0. The molecule has 0 saturated carbocycles. The molecule has 0 amide bonds. The van der Waals surface area contributed by atoms with Gasteiger partial charge in [-0.1, -0.05) is 0 Å². The van der Waals surface area contributed by atoms with Gasteiger partial charge in [-0.05, 0) is 0 Å². The molecular formula is H2CuO3SiV. The maximum absolute atomic E-state index is 8.74. The Bertz CT molecular complexity index is 33.8. The predicted molar refractivity (Wildman–Crippen MR) is 10.9 cm³/mol. The van der Waals surface area contributed by atoms with Crippen LogP contribution in [0, 0.1) is 0 Å². The van der Waals surface area contributed by atoms with Crippen molar-refractivity contribution in [3.8, 4) is 0 Å². The van der Waals surface area contributed by atoms with E-state index in [2.05, 4.69) is 0 Å². The monoisotopic (exact) mass is 192 g/mol. The second-order valence-corrected chi connectivity index (χ2v) is 0.848. The third-order valence-corrected chi connectivity index (χ3v) is 0. The van der Waals surface area contributed by atoms with Crippen molar-refractivity contribution in [2.24, 2.45) is 0 Å². The van der Waals surface area contributed by atoms with Crippen LogP contribution in [0.5, 0.6) is 0 Å². The maximum atomic E-state index is 8.74. The molecule has 0 unspecified atom stereocenters. The maximum Gasteiger partial charge on any atom is 0.761 e. The Hall–Kier alpha value is 0.721. The fourth-order valence-electron chi connectivity index (χ4n) is 0. The van der Waals surface area contributed by atoms with Gasteiger partial charge in [-0.15, -0.1) is 0 Å². The van der Waals surface area contributed by atoms with Gasteiger partial charge in [0.05, 0.1) is 0 Å². The average molecular weight is 193 g/mol. The van der Waals surface area contributed by atoms with Crippen molar-refractivity contribution >= 4 is 9.17 Å². The molecule has 0 aliphatic heterocycles. The first-order valence-electron chi connectivity index (χ1n) is 0.651. The second-order valence-electron chi connectivity index (χ2n) is 0.283. The van der Waals surface area contributed by atoms with Gasteiger partial charge in [0.25, 0.3) is 0 Å². The Morgan fingerprint density at radius 1 is 1.33 bits per heavy atom. The van der Waals surface area contributed by atoms with Crippen LogP contribution in [-0.2, 0) is 40.1 Å². The third kappa shape index (κ3) is 126. The molecule has 0 atom stereocenters. The van der Waals surface area contributed by atoms with Gasteiger partial charge in [-0.25, -0.2) is 0 Å². The van der Waals surface area contributed by atoms with Crippen LogP contribution in [0.15, 0.2) is 0 Å². The van der Waals surface area contributed by atoms with E-state index in [0.29, 0.717) is 0 Å². The molecule has 0 heterocycles. The first kappa shape index (κ1) is 15.9. The Balaban J connectivity index is -0.0000000450. The summed E-state index contributed by atoms with van der Waals surface area (Å²) in [5, 5.41) is 0. The Labute approximate surface area is 59.0 Å². The van der Waals surface area contributed by atoms with E-state index in [9.17, 15) is 0 Å². The van der Waals surface area contributed by atoms with Crippen LogP contribution in [-0.4, -0.2) is 18.8 Å². The quantitative estimate of drug-likeness (QED) is 0.454. The number of rotatable bonds is 0. The van der Waals surface area contributed by atoms with Gasteiger partial charge in [0.2, 0.25) is 0 Å². The zero-order chi connectivity index (χ0) is 3.58. The van der Waals surface area contributed by atoms with Crippen molar-refractivity contribution in [3.05, 3.63) is 0 Å². The zero-order valence-electron chi connectivity index (χ0n) is 2.55. The molecule has 0 aliphatic rings. The van der Waals surface area contributed by atoms with Gasteiger partial charge < -0.3 is 9.59 Å². The molecule has 0 aromatic carbocycles. The van der Waals surface area contributed by atoms with Crippen LogP contribution < -0.4 is 0 Å². The van der Waals surface area contributed by atoms with Gasteiger partial charge in [0, 0.05) is 35.6 Å². The summed E-state index contributed by atoms with van der Waals surface area (Å²) in [5.74, 6) is 0. The molecule has 0 saturated heterocycles. The molecule has 0 aromatic rings. The van der Waals surface area contributed by atoms with Crippen molar-refractivity contribution in [2.75, 3.05) is 0 Å². The minimum absolute atomic E-state index is 0. The summed E-state index contributed by atoms with van der Waals surface area (Å²) in [6, 6.07) is 0. The van der Waals surface area contributed by atoms with E-state index in [-0.39, 0.29) is 35.6 Å². The molecule has 3 nitrogen and oxygen atoms in total. The topological polar surface area (TPSA) is 57.5 Å². The SMILES string of the molecule is O=[Si](O)O.[Cu].[V]. The fourth-order valence-corrected chi connectivity index (χ4v) is 0. The largest absolute Gasteiger partial charge is 0.761 e. The molecule has 2 radical (unpaired) electrons. The van der Waals surface area contributed by atoms with Gasteiger partial charge in [-0.2, -0.15) is 0 Å². The molecule has 6 heavy (non-hydrogen) atoms. The minimum atomic E-state index is -3.13. The van der Waals surface area contributed by atoms with Gasteiger partial charge in [-0.3, -0.25) is 4.46 Å². The summed E-state index contributed by atoms with van der Waals surface area (Å²) in [5.41, 5.74) is 0. The summed E-state index contributed by atoms with van der Waals surface area (Å²) in [4.78, 5) is 14.3. The summed E-state index contributed by atoms with van der Waals surface area (Å²) in [7, 11) is -3.13. The normalized spacial score (nSPS) is 4.00. The summed E-state index contributed by atoms with van der Waals surface area (Å²) in [6.45, 7) is 0. The van der Waals surface area contributed by atoms with E-state index in [1.165, 1.54) is 0 Å². The van der Waals surface area contributed by atoms with Crippen LogP contribution >= 0.6 is 0 Å². The molecular weight excluding hydrogens is 191 g/mol. The summed E-state index contributed by atoms with van der Waals surface area (Å²) >= 11 is 0. The standard InChI is InChI=1S/Cu.H2O3Si.V/c;1-4(2)3;/h;1-2H;. The molecule has 2 N–H and O–H groups in total. The van der Waals surface area contributed by atoms with E-state index < -0.39 is 9.17 Å². The van der Waals surface area contributed by atoms with Crippen LogP contribution in [0.1, 0.15) is 0 Å². The number of hydrogen-bond acceptors (Lipinski definition) is 1. The zero-order valence-corrected chi connectivity index (χ0v) is 5.89. The first-order chi connectivity index (χ1) is 1.73. The van der Waals surface area contributed by atoms with Crippen molar-refractivity contribution < 1.29 is 49.7 Å². The van der Waals surface area contributed by atoms with Crippen molar-refractivity contribution in [3.63, 3.8) is 0 Å². The van der Waals surface area contributed by atoms with E-state index in [1.807, 2.05) is 0 Å². The van der Waals surface area contributed by atoms with E-state index in [1.54, 1.807) is 0 Å². The van der Waals surface area contributed by atoms with Crippen LogP contribution in [0.2, 0.25) is 0 Å². The molecule has 0 bridgehead atoms. The second kappa shape index (κ2) is 9.21. The van der Waals surface area contributed by atoms with Crippen LogP contribution in [0.25, 0.3) is 0 Å². The van der Waals surface area contributed by atoms with E-state index >= 15 is 0 Å². The molecule has 40 valence electrons. The van der Waals surface area contributed by atoms with Crippen LogP contribution in [0.4, 0.5) is 0 Å². The van der Waals surface area contributed by atoms with E-state index in [4.69, 9.17) is 14.1 Å². The molecule has 0 spiro atoms. The van der Waals surface area contributed by atoms with Crippen molar-refractivity contribution in [1.82, 2.24) is 0 Å². The van der Waals surface area contributed by atoms with Crippen molar-refractivity contribution in [2.45, 2.75) is 0 Å². The molecule has 0 aliphatic carbocycles. The molecule has 6 heteroatoms. The van der Waals surface area contributed by atoms with E-state index in [0.717, 1.165) is 0 Å². The predicted octanol–water partition coefficient (Wildman–Crippen LogP) is -1.62. The fraction of sp³-hybridized carbons (Fsp3) is 0.